The second kappa shape index (κ2) is 13.5. The van der Waals surface area contributed by atoms with Gasteiger partial charge in [0.2, 0.25) is 0 Å². The van der Waals surface area contributed by atoms with E-state index in [2.05, 4.69) is 212 Å². The number of fused-ring (bicyclic) bond motifs is 13. The van der Waals surface area contributed by atoms with E-state index >= 15 is 0 Å². The summed E-state index contributed by atoms with van der Waals surface area (Å²) in [6.07, 6.45) is 5.32. The molecule has 0 aliphatic heterocycles. The molecule has 1 heterocycles. The molecule has 3 fully saturated rings. The molecule has 2 heteroatoms. The third-order valence-corrected chi connectivity index (χ3v) is 17.5. The number of para-hydroxylation sites is 2. The molecule has 1 aromatic heterocycles. The van der Waals surface area contributed by atoms with Crippen LogP contribution in [0.2, 0.25) is 0 Å². The maximum absolute atomic E-state index is 6.66. The van der Waals surface area contributed by atoms with Crippen LogP contribution in [0, 0.1) is 23.7 Å². The fraction of sp³-hybridized carbons (Fsp3) is 0.188. The molecule has 9 aromatic carbocycles. The van der Waals surface area contributed by atoms with Gasteiger partial charge in [-0.2, -0.15) is 0 Å². The van der Waals surface area contributed by atoms with Crippen LogP contribution in [0.15, 0.2) is 205 Å². The minimum Gasteiger partial charge on any atom is -0.455 e. The predicted octanol–water partition coefficient (Wildman–Crippen LogP) is 16.7. The van der Waals surface area contributed by atoms with Gasteiger partial charge in [-0.15, -0.1) is 0 Å². The molecule has 0 radical (unpaired) electrons. The van der Waals surface area contributed by atoms with Crippen molar-refractivity contribution in [3.63, 3.8) is 0 Å². The van der Waals surface area contributed by atoms with E-state index in [1.165, 1.54) is 81.2 Å². The SMILES string of the molecule is C[C@H]1C[C@@H]2C[C@@H]3C[C@H](C1)C21c2ccc(N(c4cccc(-c5cccc6c5oc5ccccc56)c4)c4cccc5ccccc45)cc2C2(c4ccccc4-c4ccccc42)c2ccccc2C31. The van der Waals surface area contributed by atoms with E-state index in [-0.39, 0.29) is 5.41 Å². The predicted molar refractivity (Wildman–Crippen MR) is 271 cm³/mol. The molecule has 2 bridgehead atoms. The lowest BCUT2D eigenvalue weighted by Crippen LogP contribution is -2.46. The molecule has 6 atom stereocenters. The van der Waals surface area contributed by atoms with Gasteiger partial charge in [-0.1, -0.05) is 171 Å². The van der Waals surface area contributed by atoms with Crippen LogP contribution in [0.3, 0.4) is 0 Å². The molecule has 3 saturated carbocycles. The Bertz CT molecular complexity index is 3580. The molecule has 66 heavy (non-hydrogen) atoms. The van der Waals surface area contributed by atoms with E-state index in [1.807, 2.05) is 0 Å². The zero-order chi connectivity index (χ0) is 43.3. The summed E-state index contributed by atoms with van der Waals surface area (Å²) < 4.78 is 6.66. The first-order chi connectivity index (χ1) is 32.6. The van der Waals surface area contributed by atoms with Crippen LogP contribution >= 0.6 is 0 Å². The molecular weight excluding hydrogens is 799 g/mol. The van der Waals surface area contributed by atoms with Crippen LogP contribution < -0.4 is 4.90 Å². The van der Waals surface area contributed by atoms with Crippen molar-refractivity contribution in [3.05, 3.63) is 234 Å². The molecular formula is C64H49NO. The van der Waals surface area contributed by atoms with Crippen molar-refractivity contribution in [1.82, 2.24) is 0 Å². The van der Waals surface area contributed by atoms with E-state index in [9.17, 15) is 0 Å². The third-order valence-electron chi connectivity index (χ3n) is 17.5. The highest BCUT2D eigenvalue weighted by molar-refractivity contribution is 6.10. The van der Waals surface area contributed by atoms with Crippen LogP contribution in [0.25, 0.3) is 55.0 Å². The Kier molecular flexibility index (Phi) is 7.56. The van der Waals surface area contributed by atoms with Crippen LogP contribution in [-0.4, -0.2) is 0 Å². The van der Waals surface area contributed by atoms with Crippen LogP contribution in [-0.2, 0) is 10.8 Å². The summed E-state index contributed by atoms with van der Waals surface area (Å²) in [5.74, 6) is 3.30. The molecule has 10 aromatic rings. The summed E-state index contributed by atoms with van der Waals surface area (Å²) in [4.78, 5) is 2.56. The Hall–Kier alpha value is -7.16. The minimum absolute atomic E-state index is 0.0899. The summed E-state index contributed by atoms with van der Waals surface area (Å²) >= 11 is 0. The van der Waals surface area contributed by atoms with Gasteiger partial charge in [-0.25, -0.2) is 0 Å². The van der Waals surface area contributed by atoms with Crippen molar-refractivity contribution in [2.75, 3.05) is 4.90 Å². The molecule has 15 rings (SSSR count). The minimum atomic E-state index is -0.489. The fourth-order valence-electron chi connectivity index (χ4n) is 15.5. The number of anilines is 3. The standard InChI is InChI=1S/C64H49NO/c1-39-33-43-35-42-36-44(34-39)63(43)57-32-31-46(38-58(57)64(56-28-10-6-23-53(56)61(42)63)54-26-8-4-20-49(54)50-21-5-9-27-55(50)64)65(59-29-13-16-40-15-2-3-19-47(40)59)45-18-12-17-41(37-45)48-24-14-25-52-51-22-7-11-30-60(51)66-62(48)52/h2-32,37-39,42-44,61H,33-36H2,1H3/t39-,42+,43+,44-,61?,63?. The second-order valence-corrected chi connectivity index (χ2v) is 20.4. The first kappa shape index (κ1) is 37.1. The van der Waals surface area contributed by atoms with Gasteiger partial charge in [0.1, 0.15) is 11.2 Å². The molecule has 5 aliphatic rings. The number of furan rings is 1. The Morgan fingerprint density at radius 2 is 1.09 bits per heavy atom. The van der Waals surface area contributed by atoms with Crippen molar-refractivity contribution >= 4 is 49.8 Å². The highest BCUT2D eigenvalue weighted by Crippen LogP contribution is 2.77. The lowest BCUT2D eigenvalue weighted by atomic mass is 9.53. The Morgan fingerprint density at radius 1 is 0.470 bits per heavy atom. The fourth-order valence-corrected chi connectivity index (χ4v) is 15.5. The Labute approximate surface area is 386 Å². The van der Waals surface area contributed by atoms with Gasteiger partial charge < -0.3 is 9.32 Å². The average Bonchev–Trinajstić information content (AvgIpc) is 4.07. The van der Waals surface area contributed by atoms with E-state index in [1.54, 1.807) is 11.1 Å². The van der Waals surface area contributed by atoms with Crippen molar-refractivity contribution < 1.29 is 4.42 Å². The van der Waals surface area contributed by atoms with Crippen LogP contribution in [0.1, 0.15) is 71.9 Å². The van der Waals surface area contributed by atoms with Gasteiger partial charge in [0.15, 0.2) is 0 Å². The second-order valence-electron chi connectivity index (χ2n) is 20.4. The Morgan fingerprint density at radius 3 is 1.91 bits per heavy atom. The quantitative estimate of drug-likeness (QED) is 0.175. The van der Waals surface area contributed by atoms with Gasteiger partial charge in [0, 0.05) is 38.5 Å². The zero-order valence-electron chi connectivity index (χ0n) is 37.1. The first-order valence-electron chi connectivity index (χ1n) is 24.3. The maximum atomic E-state index is 6.66. The van der Waals surface area contributed by atoms with Crippen molar-refractivity contribution in [2.45, 2.75) is 49.4 Å². The summed E-state index contributed by atoms with van der Waals surface area (Å²) in [6, 6.07) is 76.3. The summed E-state index contributed by atoms with van der Waals surface area (Å²) in [5, 5.41) is 4.75. The smallest absolute Gasteiger partial charge is 0.143 e. The van der Waals surface area contributed by atoms with E-state index in [0.717, 1.165) is 44.7 Å². The average molecular weight is 848 g/mol. The van der Waals surface area contributed by atoms with Crippen molar-refractivity contribution in [1.29, 1.82) is 0 Å². The molecule has 2 spiro atoms. The lowest BCUT2D eigenvalue weighted by Gasteiger charge is -2.51. The third kappa shape index (κ3) is 4.67. The van der Waals surface area contributed by atoms with Crippen molar-refractivity contribution in [2.24, 2.45) is 23.7 Å². The monoisotopic (exact) mass is 847 g/mol. The van der Waals surface area contributed by atoms with Gasteiger partial charge in [0.05, 0.1) is 11.1 Å². The highest BCUT2D eigenvalue weighted by Gasteiger charge is 2.70. The number of nitrogens with zero attached hydrogens (tertiary/aromatic N) is 1. The van der Waals surface area contributed by atoms with Gasteiger partial charge in [-0.3, -0.25) is 0 Å². The topological polar surface area (TPSA) is 16.4 Å². The Balaban J connectivity index is 1.04. The maximum Gasteiger partial charge on any atom is 0.143 e. The molecule has 5 aliphatic carbocycles. The van der Waals surface area contributed by atoms with E-state index in [0.29, 0.717) is 23.7 Å². The summed E-state index contributed by atoms with van der Waals surface area (Å²) in [5.41, 5.74) is 18.9. The normalized spacial score (nSPS) is 23.6. The zero-order valence-corrected chi connectivity index (χ0v) is 37.1. The molecule has 0 N–H and O–H groups in total. The van der Waals surface area contributed by atoms with Crippen LogP contribution in [0.5, 0.6) is 0 Å². The van der Waals surface area contributed by atoms with Gasteiger partial charge in [-0.05, 0) is 147 Å². The summed E-state index contributed by atoms with van der Waals surface area (Å²) in [7, 11) is 0. The molecule has 0 amide bonds. The molecule has 316 valence electrons. The van der Waals surface area contributed by atoms with Crippen LogP contribution in [0.4, 0.5) is 17.1 Å². The number of hydrogen-bond acceptors (Lipinski definition) is 2. The van der Waals surface area contributed by atoms with E-state index < -0.39 is 5.41 Å². The van der Waals surface area contributed by atoms with Gasteiger partial charge >= 0.3 is 0 Å². The van der Waals surface area contributed by atoms with Gasteiger partial charge in [0.25, 0.3) is 0 Å². The van der Waals surface area contributed by atoms with Crippen molar-refractivity contribution in [3.8, 4) is 22.3 Å². The number of rotatable bonds is 4. The largest absolute Gasteiger partial charge is 0.455 e. The summed E-state index contributed by atoms with van der Waals surface area (Å²) in [6.45, 7) is 2.54. The number of benzene rings is 9. The molecule has 0 saturated heterocycles. The molecule has 2 nitrogen and oxygen atoms in total. The van der Waals surface area contributed by atoms with E-state index in [4.69, 9.17) is 4.42 Å². The number of hydrogen-bond donors (Lipinski definition) is 0. The first-order valence-corrected chi connectivity index (χ1v) is 24.3. The lowest BCUT2D eigenvalue weighted by molar-refractivity contribution is 0.0823. The highest BCUT2D eigenvalue weighted by atomic mass is 16.3. The molecule has 2 unspecified atom stereocenters.